The molecule has 0 atom stereocenters. The number of rotatable bonds is 7. The molecule has 2 heteroatoms. The average molecular weight is 822 g/mol. The fraction of sp³-hybridized carbons (Fsp3) is 0.0492. The number of anilines is 3. The highest BCUT2D eigenvalue weighted by atomic mass is 32.1. The third-order valence-corrected chi connectivity index (χ3v) is 14.4. The molecule has 1 heterocycles. The standard InChI is InChI=1S/C61H43NS/c1-61(2)58-47-24-10-9-19-42(47)35-38-53(58)52-29-15-28-51(59(52)61)50-27-16-31-55(57(50)43-20-7-4-8-21-43)62(45-36-33-41(34-37-45)40-17-5-3-6-18-40)46-23-13-22-44(39-46)48-26-14-30-54-49-25-11-12-32-56(49)63-60(48)54/h3-39H,1-2H3. The molecule has 0 aliphatic heterocycles. The summed E-state index contributed by atoms with van der Waals surface area (Å²) < 4.78 is 2.63. The molecule has 1 nitrogen and oxygen atoms in total. The first-order chi connectivity index (χ1) is 31.0. The van der Waals surface area contributed by atoms with Crippen molar-refractivity contribution in [2.24, 2.45) is 0 Å². The van der Waals surface area contributed by atoms with Crippen LogP contribution in [0.1, 0.15) is 25.0 Å². The normalized spacial score (nSPS) is 12.7. The van der Waals surface area contributed by atoms with Crippen molar-refractivity contribution in [2.45, 2.75) is 19.3 Å². The Balaban J connectivity index is 1.10. The smallest absolute Gasteiger partial charge is 0.0546 e. The van der Waals surface area contributed by atoms with Crippen LogP contribution in [0.25, 0.3) is 86.6 Å². The Labute approximate surface area is 372 Å². The van der Waals surface area contributed by atoms with E-state index in [4.69, 9.17) is 0 Å². The Morgan fingerprint density at radius 3 is 1.75 bits per heavy atom. The zero-order valence-corrected chi connectivity index (χ0v) is 36.0. The molecule has 0 bridgehead atoms. The minimum Gasteiger partial charge on any atom is -0.310 e. The van der Waals surface area contributed by atoms with E-state index in [2.05, 4.69) is 243 Å². The summed E-state index contributed by atoms with van der Waals surface area (Å²) in [6, 6.07) is 82.8. The number of benzene rings is 10. The first-order valence-corrected chi connectivity index (χ1v) is 22.7. The van der Waals surface area contributed by atoms with E-state index in [9.17, 15) is 0 Å². The predicted molar refractivity (Wildman–Crippen MR) is 271 cm³/mol. The van der Waals surface area contributed by atoms with Gasteiger partial charge in [0.15, 0.2) is 0 Å². The fourth-order valence-corrected chi connectivity index (χ4v) is 11.7. The molecule has 0 spiro atoms. The van der Waals surface area contributed by atoms with E-state index in [1.54, 1.807) is 0 Å². The topological polar surface area (TPSA) is 3.24 Å². The number of thiophene rings is 1. The largest absolute Gasteiger partial charge is 0.310 e. The maximum absolute atomic E-state index is 2.48. The van der Waals surface area contributed by atoms with Crippen molar-refractivity contribution in [1.29, 1.82) is 0 Å². The maximum atomic E-state index is 2.48. The van der Waals surface area contributed by atoms with Crippen LogP contribution in [-0.4, -0.2) is 0 Å². The van der Waals surface area contributed by atoms with Crippen LogP contribution in [-0.2, 0) is 5.41 Å². The van der Waals surface area contributed by atoms with E-state index < -0.39 is 0 Å². The van der Waals surface area contributed by atoms with E-state index in [1.165, 1.54) is 97.7 Å². The molecule has 1 aromatic heterocycles. The number of hydrogen-bond acceptors (Lipinski definition) is 2. The lowest BCUT2D eigenvalue weighted by Gasteiger charge is -2.31. The van der Waals surface area contributed by atoms with Crippen LogP contribution in [0, 0.1) is 0 Å². The van der Waals surface area contributed by atoms with Gasteiger partial charge in [0.05, 0.1) is 5.69 Å². The van der Waals surface area contributed by atoms with Crippen molar-refractivity contribution in [3.05, 3.63) is 236 Å². The zero-order valence-electron chi connectivity index (χ0n) is 35.2. The van der Waals surface area contributed by atoms with Crippen molar-refractivity contribution >= 4 is 59.3 Å². The Morgan fingerprint density at radius 2 is 0.937 bits per heavy atom. The molecule has 0 radical (unpaired) electrons. The van der Waals surface area contributed by atoms with Gasteiger partial charge in [-0.1, -0.05) is 202 Å². The van der Waals surface area contributed by atoms with Gasteiger partial charge >= 0.3 is 0 Å². The Kier molecular flexibility index (Phi) is 8.77. The van der Waals surface area contributed by atoms with E-state index >= 15 is 0 Å². The molecule has 0 saturated heterocycles. The number of fused-ring (bicyclic) bond motifs is 8. The first kappa shape index (κ1) is 37.3. The van der Waals surface area contributed by atoms with Gasteiger partial charge in [0, 0.05) is 42.5 Å². The van der Waals surface area contributed by atoms with Gasteiger partial charge in [0.2, 0.25) is 0 Å². The van der Waals surface area contributed by atoms with Gasteiger partial charge in [0.25, 0.3) is 0 Å². The molecule has 0 fully saturated rings. The quantitative estimate of drug-likeness (QED) is 0.155. The molecule has 0 saturated carbocycles. The lowest BCUT2D eigenvalue weighted by atomic mass is 9.76. The van der Waals surface area contributed by atoms with Gasteiger partial charge in [-0.05, 0) is 108 Å². The monoisotopic (exact) mass is 821 g/mol. The van der Waals surface area contributed by atoms with Crippen LogP contribution < -0.4 is 4.90 Å². The molecule has 12 rings (SSSR count). The van der Waals surface area contributed by atoms with Crippen LogP contribution in [0.4, 0.5) is 17.1 Å². The molecule has 63 heavy (non-hydrogen) atoms. The van der Waals surface area contributed by atoms with Gasteiger partial charge in [-0.2, -0.15) is 0 Å². The van der Waals surface area contributed by atoms with Crippen LogP contribution in [0.15, 0.2) is 224 Å². The van der Waals surface area contributed by atoms with Crippen molar-refractivity contribution in [3.8, 4) is 55.6 Å². The van der Waals surface area contributed by atoms with Crippen molar-refractivity contribution in [1.82, 2.24) is 0 Å². The molecular formula is C61H43NS. The second-order valence-electron chi connectivity index (χ2n) is 17.2. The Bertz CT molecular complexity index is 3520. The molecule has 10 aromatic carbocycles. The molecule has 0 unspecified atom stereocenters. The summed E-state index contributed by atoms with van der Waals surface area (Å²) in [7, 11) is 0. The molecule has 0 amide bonds. The van der Waals surface area contributed by atoms with Crippen LogP contribution in [0.2, 0.25) is 0 Å². The summed E-state index contributed by atoms with van der Waals surface area (Å²) >= 11 is 1.88. The highest BCUT2D eigenvalue weighted by molar-refractivity contribution is 7.26. The van der Waals surface area contributed by atoms with E-state index in [0.29, 0.717) is 0 Å². The van der Waals surface area contributed by atoms with Crippen molar-refractivity contribution in [2.75, 3.05) is 4.90 Å². The third kappa shape index (κ3) is 6.05. The molecule has 1 aliphatic carbocycles. The van der Waals surface area contributed by atoms with Crippen LogP contribution >= 0.6 is 11.3 Å². The van der Waals surface area contributed by atoms with Gasteiger partial charge in [-0.15, -0.1) is 11.3 Å². The second kappa shape index (κ2) is 14.8. The zero-order chi connectivity index (χ0) is 42.1. The summed E-state index contributed by atoms with van der Waals surface area (Å²) in [6.45, 7) is 4.84. The van der Waals surface area contributed by atoms with Crippen LogP contribution in [0.3, 0.4) is 0 Å². The van der Waals surface area contributed by atoms with Gasteiger partial charge in [-0.25, -0.2) is 0 Å². The summed E-state index contributed by atoms with van der Waals surface area (Å²) in [5.41, 5.74) is 18.2. The summed E-state index contributed by atoms with van der Waals surface area (Å²) in [5, 5.41) is 5.23. The molecular weight excluding hydrogens is 779 g/mol. The lowest BCUT2D eigenvalue weighted by molar-refractivity contribution is 0.668. The summed E-state index contributed by atoms with van der Waals surface area (Å²) in [5.74, 6) is 0. The van der Waals surface area contributed by atoms with Crippen LogP contribution in [0.5, 0.6) is 0 Å². The van der Waals surface area contributed by atoms with E-state index in [0.717, 1.165) is 17.1 Å². The maximum Gasteiger partial charge on any atom is 0.0546 e. The lowest BCUT2D eigenvalue weighted by Crippen LogP contribution is -2.17. The van der Waals surface area contributed by atoms with E-state index in [1.807, 2.05) is 11.3 Å². The molecule has 0 N–H and O–H groups in total. The SMILES string of the molecule is CC1(C)c2c(-c3cccc(N(c4ccc(-c5ccccc5)cc4)c4cccc(-c5cccc6c5sc5ccccc56)c4)c3-c3ccccc3)cccc2-c2ccc3ccccc3c21. The van der Waals surface area contributed by atoms with Gasteiger partial charge in [-0.3, -0.25) is 0 Å². The Hall–Kier alpha value is -7.52. The molecule has 1 aliphatic rings. The number of hydrogen-bond donors (Lipinski definition) is 0. The molecule has 11 aromatic rings. The number of nitrogens with zero attached hydrogens (tertiary/aromatic N) is 1. The van der Waals surface area contributed by atoms with Crippen molar-refractivity contribution in [3.63, 3.8) is 0 Å². The van der Waals surface area contributed by atoms with Gasteiger partial charge in [0.1, 0.15) is 0 Å². The highest BCUT2D eigenvalue weighted by Crippen LogP contribution is 2.56. The Morgan fingerprint density at radius 1 is 0.365 bits per heavy atom. The first-order valence-electron chi connectivity index (χ1n) is 21.8. The third-order valence-electron chi connectivity index (χ3n) is 13.2. The minimum absolute atomic E-state index is 0.235. The minimum atomic E-state index is -0.235. The fourth-order valence-electron chi connectivity index (χ4n) is 10.5. The summed E-state index contributed by atoms with van der Waals surface area (Å²) in [4.78, 5) is 2.48. The predicted octanol–water partition coefficient (Wildman–Crippen LogP) is 17.7. The average Bonchev–Trinajstić information content (AvgIpc) is 3.84. The second-order valence-corrected chi connectivity index (χ2v) is 18.3. The van der Waals surface area contributed by atoms with Gasteiger partial charge < -0.3 is 4.90 Å². The summed E-state index contributed by atoms with van der Waals surface area (Å²) in [6.07, 6.45) is 0. The highest BCUT2D eigenvalue weighted by Gasteiger charge is 2.39. The van der Waals surface area contributed by atoms with Crippen molar-refractivity contribution < 1.29 is 0 Å². The molecule has 298 valence electrons. The van der Waals surface area contributed by atoms with E-state index in [-0.39, 0.29) is 5.41 Å².